The van der Waals surface area contributed by atoms with Gasteiger partial charge in [-0.2, -0.15) is 0 Å². The monoisotopic (exact) mass is 564 g/mol. The number of imide groups is 1. The van der Waals surface area contributed by atoms with E-state index in [1.165, 1.54) is 12.2 Å². The van der Waals surface area contributed by atoms with E-state index in [2.05, 4.69) is 27.8 Å². The van der Waals surface area contributed by atoms with Crippen molar-refractivity contribution in [1.82, 2.24) is 20.9 Å². The Hall–Kier alpha value is -3.47. The van der Waals surface area contributed by atoms with Gasteiger partial charge in [0, 0.05) is 57.6 Å². The Bertz CT molecular complexity index is 911. The van der Waals surface area contributed by atoms with Gasteiger partial charge in [-0.3, -0.25) is 24.1 Å². The van der Waals surface area contributed by atoms with E-state index in [1.54, 1.807) is 0 Å². The minimum Gasteiger partial charge on any atom is -0.433 e. The maximum absolute atomic E-state index is 11.8. The summed E-state index contributed by atoms with van der Waals surface area (Å²) in [5.74, 6) is 4.74. The molecule has 1 atom stereocenters. The van der Waals surface area contributed by atoms with Gasteiger partial charge in [-0.15, -0.1) is 0 Å². The Morgan fingerprint density at radius 3 is 2.08 bits per heavy atom. The van der Waals surface area contributed by atoms with Gasteiger partial charge in [0.15, 0.2) is 6.10 Å². The number of nitrogens with one attached hydrogen (secondary N) is 3. The minimum atomic E-state index is -0.505. The normalized spacial score (nSPS) is 16.5. The fourth-order valence-electron chi connectivity index (χ4n) is 3.62. The van der Waals surface area contributed by atoms with Crippen LogP contribution in [-0.4, -0.2) is 107 Å². The average Bonchev–Trinajstić information content (AvgIpc) is 3.24. The van der Waals surface area contributed by atoms with Gasteiger partial charge in [-0.1, -0.05) is 18.3 Å². The number of alkyl carbamates (subject to hydrolysis) is 1. The molecule has 2 aliphatic rings. The highest BCUT2D eigenvalue weighted by Crippen LogP contribution is 2.10. The first-order valence-corrected chi connectivity index (χ1v) is 13.7. The van der Waals surface area contributed by atoms with Crippen LogP contribution in [0.4, 0.5) is 4.79 Å². The molecule has 0 spiro atoms. The molecule has 3 N–H and O–H groups in total. The Morgan fingerprint density at radius 2 is 1.38 bits per heavy atom. The lowest BCUT2D eigenvalue weighted by Gasteiger charge is -2.14. The van der Waals surface area contributed by atoms with Gasteiger partial charge in [0.1, 0.15) is 0 Å². The van der Waals surface area contributed by atoms with Crippen molar-refractivity contribution >= 4 is 29.7 Å². The molecule has 222 valence electrons. The second-order valence-electron chi connectivity index (χ2n) is 8.94. The fourth-order valence-corrected chi connectivity index (χ4v) is 3.62. The third-order valence-corrected chi connectivity index (χ3v) is 5.74. The van der Waals surface area contributed by atoms with E-state index in [4.69, 9.17) is 18.9 Å². The molecule has 0 aromatic carbocycles. The van der Waals surface area contributed by atoms with Crippen molar-refractivity contribution in [2.24, 2.45) is 0 Å². The van der Waals surface area contributed by atoms with Gasteiger partial charge in [-0.25, -0.2) is 4.79 Å². The molecule has 1 aliphatic carbocycles. The van der Waals surface area contributed by atoms with Crippen LogP contribution in [0.3, 0.4) is 0 Å². The molecule has 0 fully saturated rings. The van der Waals surface area contributed by atoms with E-state index in [-0.39, 0.29) is 50.5 Å². The predicted molar refractivity (Wildman–Crippen MR) is 143 cm³/mol. The number of amides is 5. The van der Waals surface area contributed by atoms with E-state index in [1.807, 2.05) is 0 Å². The number of ether oxygens (including phenoxy) is 4. The van der Waals surface area contributed by atoms with E-state index < -0.39 is 17.9 Å². The average molecular weight is 565 g/mol. The predicted octanol–water partition coefficient (Wildman–Crippen LogP) is 0.0361. The number of carbonyl (C=O) groups excluding carboxylic acids is 5. The molecule has 0 bridgehead atoms. The van der Waals surface area contributed by atoms with Gasteiger partial charge in [0.05, 0.1) is 39.6 Å². The van der Waals surface area contributed by atoms with Gasteiger partial charge in [-0.05, 0) is 19.3 Å². The van der Waals surface area contributed by atoms with Gasteiger partial charge in [0.2, 0.25) is 11.8 Å². The van der Waals surface area contributed by atoms with Crippen molar-refractivity contribution in [3.8, 4) is 11.8 Å². The molecule has 0 aromatic heterocycles. The topological polar surface area (TPSA) is 162 Å². The van der Waals surface area contributed by atoms with E-state index in [0.29, 0.717) is 46.1 Å². The quantitative estimate of drug-likeness (QED) is 0.112. The third-order valence-electron chi connectivity index (χ3n) is 5.74. The first kappa shape index (κ1) is 32.7. The van der Waals surface area contributed by atoms with Crippen molar-refractivity contribution < 1.29 is 42.9 Å². The second-order valence-corrected chi connectivity index (χ2v) is 8.94. The number of carbonyl (C=O) groups is 5. The summed E-state index contributed by atoms with van der Waals surface area (Å²) in [6.45, 7) is 2.73. The highest BCUT2D eigenvalue weighted by Gasteiger charge is 2.23. The van der Waals surface area contributed by atoms with Crippen molar-refractivity contribution in [2.45, 2.75) is 51.0 Å². The summed E-state index contributed by atoms with van der Waals surface area (Å²) in [5.41, 5.74) is 0. The number of hydrogen-bond acceptors (Lipinski definition) is 9. The molecule has 40 heavy (non-hydrogen) atoms. The van der Waals surface area contributed by atoms with Crippen LogP contribution < -0.4 is 16.0 Å². The molecule has 0 saturated heterocycles. The molecule has 5 amide bonds. The molecule has 1 aliphatic heterocycles. The van der Waals surface area contributed by atoms with Gasteiger partial charge in [0.25, 0.3) is 11.8 Å². The zero-order valence-electron chi connectivity index (χ0n) is 22.9. The largest absolute Gasteiger partial charge is 0.433 e. The molecule has 1 unspecified atom stereocenters. The molecule has 2 rings (SSSR count). The Morgan fingerprint density at radius 1 is 0.775 bits per heavy atom. The van der Waals surface area contributed by atoms with Crippen LogP contribution in [0.2, 0.25) is 0 Å². The van der Waals surface area contributed by atoms with Crippen LogP contribution in [0.1, 0.15) is 44.9 Å². The minimum absolute atomic E-state index is 0.0286. The Kier molecular flexibility index (Phi) is 16.7. The first-order chi connectivity index (χ1) is 19.5. The SMILES string of the molecule is O=C(CCOCCOCCNC(=O)CCN1C(=O)C=CC1=O)NCCOCCNC(=O)OC1C#CCCCCC1. The summed E-state index contributed by atoms with van der Waals surface area (Å²) >= 11 is 0. The summed E-state index contributed by atoms with van der Waals surface area (Å²) in [6, 6.07) is 0. The van der Waals surface area contributed by atoms with Crippen molar-refractivity contribution in [3.63, 3.8) is 0 Å². The fraction of sp³-hybridized carbons (Fsp3) is 0.667. The Balaban J connectivity index is 1.31. The number of rotatable bonds is 19. The van der Waals surface area contributed by atoms with E-state index >= 15 is 0 Å². The molecule has 0 radical (unpaired) electrons. The van der Waals surface area contributed by atoms with Crippen LogP contribution in [-0.2, 0) is 38.1 Å². The van der Waals surface area contributed by atoms with Crippen molar-refractivity contribution in [1.29, 1.82) is 0 Å². The molecular formula is C27H40N4O9. The van der Waals surface area contributed by atoms with Crippen LogP contribution >= 0.6 is 0 Å². The molecule has 13 heteroatoms. The van der Waals surface area contributed by atoms with Crippen LogP contribution in [0.25, 0.3) is 0 Å². The standard InChI is InChI=1S/C27H40N4O9/c32-23(10-15-31-25(34)8-9-26(31)35)28-13-18-39-21-20-37-16-11-24(33)29-12-17-38-19-14-30-27(36)40-22-6-4-2-1-3-5-7-22/h8-9,22H,1-4,6,10-21H2,(H,28,32)(H,29,33)(H,30,36). The van der Waals surface area contributed by atoms with Crippen LogP contribution in [0.15, 0.2) is 12.2 Å². The third kappa shape index (κ3) is 15.2. The maximum Gasteiger partial charge on any atom is 0.408 e. The lowest BCUT2D eigenvalue weighted by atomic mass is 10.1. The smallest absolute Gasteiger partial charge is 0.408 e. The lowest BCUT2D eigenvalue weighted by molar-refractivity contribution is -0.137. The van der Waals surface area contributed by atoms with Crippen LogP contribution in [0.5, 0.6) is 0 Å². The summed E-state index contributed by atoms with van der Waals surface area (Å²) in [4.78, 5) is 59.3. The summed E-state index contributed by atoms with van der Waals surface area (Å²) in [7, 11) is 0. The maximum atomic E-state index is 11.8. The van der Waals surface area contributed by atoms with Gasteiger partial charge >= 0.3 is 6.09 Å². The van der Waals surface area contributed by atoms with E-state index in [9.17, 15) is 24.0 Å². The van der Waals surface area contributed by atoms with E-state index in [0.717, 1.165) is 37.0 Å². The Labute approximate surface area is 234 Å². The molecule has 1 heterocycles. The zero-order valence-corrected chi connectivity index (χ0v) is 22.9. The molecule has 0 aromatic rings. The number of nitrogens with zero attached hydrogens (tertiary/aromatic N) is 1. The first-order valence-electron chi connectivity index (χ1n) is 13.7. The van der Waals surface area contributed by atoms with Crippen LogP contribution in [0, 0.1) is 11.8 Å². The summed E-state index contributed by atoms with van der Waals surface area (Å²) < 4.78 is 21.4. The lowest BCUT2D eigenvalue weighted by Crippen LogP contribution is -2.35. The summed E-state index contributed by atoms with van der Waals surface area (Å²) in [5, 5.41) is 8.00. The number of hydrogen-bond donors (Lipinski definition) is 3. The molecule has 13 nitrogen and oxygen atoms in total. The summed E-state index contributed by atoms with van der Waals surface area (Å²) in [6.07, 6.45) is 6.52. The van der Waals surface area contributed by atoms with Gasteiger partial charge < -0.3 is 34.9 Å². The molecule has 0 saturated carbocycles. The zero-order chi connectivity index (χ0) is 28.8. The highest BCUT2D eigenvalue weighted by atomic mass is 16.6. The van der Waals surface area contributed by atoms with Crippen molar-refractivity contribution in [3.05, 3.63) is 12.2 Å². The highest BCUT2D eigenvalue weighted by molar-refractivity contribution is 6.13. The molecular weight excluding hydrogens is 524 g/mol. The van der Waals surface area contributed by atoms with Crippen molar-refractivity contribution in [2.75, 3.05) is 65.8 Å². The second kappa shape index (κ2) is 20.4.